The summed E-state index contributed by atoms with van der Waals surface area (Å²) in [5.74, 6) is 1.09. The molecule has 0 atom stereocenters. The summed E-state index contributed by atoms with van der Waals surface area (Å²) in [6, 6.07) is 11.2. The molecule has 0 bridgehead atoms. The predicted molar refractivity (Wildman–Crippen MR) is 100 cm³/mol. The van der Waals surface area contributed by atoms with Crippen LogP contribution in [0.2, 0.25) is 0 Å². The third-order valence-electron chi connectivity index (χ3n) is 3.87. The number of hydrogen-bond acceptors (Lipinski definition) is 4. The molecule has 1 N–H and O–H groups in total. The van der Waals surface area contributed by atoms with Gasteiger partial charge in [0.2, 0.25) is 6.79 Å². The predicted octanol–water partition coefficient (Wildman–Crippen LogP) is 4.24. The minimum Gasteiger partial charge on any atom is -0.454 e. The molecular formula is C19H19BrN2O3. The maximum absolute atomic E-state index is 12.2. The number of fused-ring (bicyclic) bond motifs is 1. The van der Waals surface area contributed by atoms with Crippen LogP contribution in [-0.4, -0.2) is 18.9 Å². The molecule has 0 fully saturated rings. The fourth-order valence-electron chi connectivity index (χ4n) is 2.38. The topological polar surface area (TPSA) is 59.9 Å². The fraction of sp³-hybridized carbons (Fsp3) is 0.263. The molecule has 2 aromatic carbocycles. The first kappa shape index (κ1) is 17.5. The highest BCUT2D eigenvalue weighted by atomic mass is 79.9. The number of hydrazone groups is 1. The van der Waals surface area contributed by atoms with Crippen LogP contribution < -0.4 is 14.9 Å². The molecule has 0 aromatic heterocycles. The van der Waals surface area contributed by atoms with Gasteiger partial charge in [-0.05, 0) is 51.2 Å². The zero-order valence-electron chi connectivity index (χ0n) is 14.3. The number of carbonyl (C=O) groups is 1. The molecule has 0 spiro atoms. The van der Waals surface area contributed by atoms with Crippen molar-refractivity contribution in [2.75, 3.05) is 6.79 Å². The third-order valence-corrected chi connectivity index (χ3v) is 4.56. The van der Waals surface area contributed by atoms with Crippen LogP contribution in [0.15, 0.2) is 46.0 Å². The van der Waals surface area contributed by atoms with E-state index in [1.807, 2.05) is 30.3 Å². The summed E-state index contributed by atoms with van der Waals surface area (Å²) in [6.45, 7) is 6.62. The second-order valence-corrected chi connectivity index (χ2v) is 7.61. The molecule has 0 unspecified atom stereocenters. The summed E-state index contributed by atoms with van der Waals surface area (Å²) in [4.78, 5) is 12.2. The molecule has 5 nitrogen and oxygen atoms in total. The van der Waals surface area contributed by atoms with Gasteiger partial charge in [-0.3, -0.25) is 4.79 Å². The number of halogens is 1. The molecule has 130 valence electrons. The summed E-state index contributed by atoms with van der Waals surface area (Å²) in [6.07, 6.45) is 1.56. The zero-order valence-corrected chi connectivity index (χ0v) is 15.9. The van der Waals surface area contributed by atoms with Gasteiger partial charge in [0, 0.05) is 15.6 Å². The van der Waals surface area contributed by atoms with Crippen LogP contribution in [0.1, 0.15) is 42.3 Å². The van der Waals surface area contributed by atoms with Crippen molar-refractivity contribution in [1.82, 2.24) is 5.43 Å². The van der Waals surface area contributed by atoms with Crippen molar-refractivity contribution in [3.63, 3.8) is 0 Å². The molecule has 0 radical (unpaired) electrons. The van der Waals surface area contributed by atoms with Crippen molar-refractivity contribution in [2.24, 2.45) is 5.10 Å². The van der Waals surface area contributed by atoms with Gasteiger partial charge in [-0.2, -0.15) is 5.10 Å². The molecule has 6 heteroatoms. The van der Waals surface area contributed by atoms with E-state index >= 15 is 0 Å². The Morgan fingerprint density at radius 2 is 1.80 bits per heavy atom. The zero-order chi connectivity index (χ0) is 18.0. The van der Waals surface area contributed by atoms with Gasteiger partial charge in [0.25, 0.3) is 5.91 Å². The standard InChI is InChI=1S/C19H19BrN2O3/c1-19(2,3)14-6-4-12(5-7-14)18(23)22-21-10-13-8-16-17(9-15(13)20)25-11-24-16/h4-10H,11H2,1-3H3,(H,22,23)/b21-10+. The number of nitrogens with one attached hydrogen (secondary N) is 1. The highest BCUT2D eigenvalue weighted by Gasteiger charge is 2.16. The number of hydrogen-bond donors (Lipinski definition) is 1. The van der Waals surface area contributed by atoms with Gasteiger partial charge in [-0.1, -0.05) is 32.9 Å². The number of carbonyl (C=O) groups excluding carboxylic acids is 1. The summed E-state index contributed by atoms with van der Waals surface area (Å²) in [5, 5.41) is 4.02. The SMILES string of the molecule is CC(C)(C)c1ccc(C(=O)N/N=C/c2cc3c(cc2Br)OCO3)cc1. The fourth-order valence-corrected chi connectivity index (χ4v) is 2.80. The van der Waals surface area contributed by atoms with Gasteiger partial charge in [0.15, 0.2) is 11.5 Å². The van der Waals surface area contributed by atoms with Crippen LogP contribution in [0.4, 0.5) is 0 Å². The largest absolute Gasteiger partial charge is 0.454 e. The molecule has 1 aliphatic heterocycles. The molecule has 1 heterocycles. The summed E-state index contributed by atoms with van der Waals surface area (Å²) in [5.41, 5.74) is 5.12. The van der Waals surface area contributed by atoms with E-state index in [2.05, 4.69) is 47.2 Å². The second-order valence-electron chi connectivity index (χ2n) is 6.75. The molecule has 2 aromatic rings. The second kappa shape index (κ2) is 6.88. The number of amides is 1. The van der Waals surface area contributed by atoms with Gasteiger partial charge >= 0.3 is 0 Å². The van der Waals surface area contributed by atoms with Gasteiger partial charge in [-0.15, -0.1) is 0 Å². The van der Waals surface area contributed by atoms with Gasteiger partial charge in [0.05, 0.1) is 6.21 Å². The van der Waals surface area contributed by atoms with Gasteiger partial charge < -0.3 is 9.47 Å². The monoisotopic (exact) mass is 402 g/mol. The van der Waals surface area contributed by atoms with Crippen LogP contribution in [0.25, 0.3) is 0 Å². The van der Waals surface area contributed by atoms with Crippen molar-refractivity contribution >= 4 is 28.1 Å². The molecular weight excluding hydrogens is 384 g/mol. The van der Waals surface area contributed by atoms with Crippen molar-refractivity contribution in [3.05, 3.63) is 57.6 Å². The number of nitrogens with zero attached hydrogens (tertiary/aromatic N) is 1. The van der Waals surface area contributed by atoms with Crippen molar-refractivity contribution < 1.29 is 14.3 Å². The van der Waals surface area contributed by atoms with Crippen LogP contribution in [0, 0.1) is 0 Å². The molecule has 0 saturated carbocycles. The Morgan fingerprint density at radius 1 is 1.16 bits per heavy atom. The Kier molecular flexibility index (Phi) is 4.81. The number of ether oxygens (including phenoxy) is 2. The van der Waals surface area contributed by atoms with E-state index in [1.165, 1.54) is 5.56 Å². The Bertz CT molecular complexity index is 824. The van der Waals surface area contributed by atoms with E-state index in [9.17, 15) is 4.79 Å². The highest BCUT2D eigenvalue weighted by molar-refractivity contribution is 9.10. The third kappa shape index (κ3) is 4.02. The van der Waals surface area contributed by atoms with E-state index in [4.69, 9.17) is 9.47 Å². The first-order chi connectivity index (χ1) is 11.8. The molecule has 0 saturated heterocycles. The smallest absolute Gasteiger partial charge is 0.271 e. The van der Waals surface area contributed by atoms with Crippen molar-refractivity contribution in [2.45, 2.75) is 26.2 Å². The first-order valence-electron chi connectivity index (χ1n) is 7.88. The first-order valence-corrected chi connectivity index (χ1v) is 8.67. The van der Waals surface area contributed by atoms with E-state index in [1.54, 1.807) is 12.3 Å². The Hall–Kier alpha value is -2.34. The lowest BCUT2D eigenvalue weighted by Gasteiger charge is -2.18. The summed E-state index contributed by atoms with van der Waals surface area (Å²) in [7, 11) is 0. The molecule has 1 amide bonds. The van der Waals surface area contributed by atoms with E-state index in [0.717, 1.165) is 10.0 Å². The van der Waals surface area contributed by atoms with E-state index in [-0.39, 0.29) is 18.1 Å². The van der Waals surface area contributed by atoms with Crippen LogP contribution in [0.3, 0.4) is 0 Å². The lowest BCUT2D eigenvalue weighted by Crippen LogP contribution is -2.18. The van der Waals surface area contributed by atoms with E-state index in [0.29, 0.717) is 17.1 Å². The summed E-state index contributed by atoms with van der Waals surface area (Å²) < 4.78 is 11.4. The Balaban J connectivity index is 1.67. The van der Waals surface area contributed by atoms with Gasteiger partial charge in [0.1, 0.15) is 0 Å². The van der Waals surface area contributed by atoms with Crippen LogP contribution >= 0.6 is 15.9 Å². The highest BCUT2D eigenvalue weighted by Crippen LogP contribution is 2.36. The van der Waals surface area contributed by atoms with Gasteiger partial charge in [-0.25, -0.2) is 5.43 Å². The Morgan fingerprint density at radius 3 is 2.44 bits per heavy atom. The number of rotatable bonds is 3. The minimum absolute atomic E-state index is 0.0544. The molecule has 0 aliphatic carbocycles. The molecule has 3 rings (SSSR count). The number of benzene rings is 2. The normalized spacial score (nSPS) is 13.3. The Labute approximate surface area is 155 Å². The molecule has 25 heavy (non-hydrogen) atoms. The maximum atomic E-state index is 12.2. The summed E-state index contributed by atoms with van der Waals surface area (Å²) >= 11 is 3.45. The maximum Gasteiger partial charge on any atom is 0.271 e. The average Bonchev–Trinajstić information content (AvgIpc) is 3.01. The lowest BCUT2D eigenvalue weighted by molar-refractivity contribution is 0.0955. The lowest BCUT2D eigenvalue weighted by atomic mass is 9.87. The van der Waals surface area contributed by atoms with Crippen molar-refractivity contribution in [1.29, 1.82) is 0 Å². The minimum atomic E-state index is -0.256. The average molecular weight is 403 g/mol. The van der Waals surface area contributed by atoms with Crippen LogP contribution in [-0.2, 0) is 5.41 Å². The van der Waals surface area contributed by atoms with Crippen LogP contribution in [0.5, 0.6) is 11.5 Å². The van der Waals surface area contributed by atoms with E-state index < -0.39 is 0 Å². The van der Waals surface area contributed by atoms with Crippen molar-refractivity contribution in [3.8, 4) is 11.5 Å². The molecule has 1 aliphatic rings. The quantitative estimate of drug-likeness (QED) is 0.616.